The first-order chi connectivity index (χ1) is 11.6. The molecule has 0 aliphatic carbocycles. The van der Waals surface area contributed by atoms with Gasteiger partial charge < -0.3 is 19.6 Å². The van der Waals surface area contributed by atoms with Crippen molar-refractivity contribution in [1.82, 2.24) is 15.4 Å². The number of carbonyl (C=O) groups excluding carboxylic acids is 1. The highest BCUT2D eigenvalue weighted by Crippen LogP contribution is 2.22. The van der Waals surface area contributed by atoms with Gasteiger partial charge in [-0.2, -0.15) is 0 Å². The molecule has 1 aliphatic rings. The van der Waals surface area contributed by atoms with Crippen LogP contribution in [0.15, 0.2) is 40.9 Å². The normalized spacial score (nSPS) is 17.1. The summed E-state index contributed by atoms with van der Waals surface area (Å²) in [5, 5.41) is 6.94. The fourth-order valence-corrected chi connectivity index (χ4v) is 3.05. The molecule has 0 bridgehead atoms. The van der Waals surface area contributed by atoms with E-state index in [1.165, 1.54) is 5.69 Å². The van der Waals surface area contributed by atoms with E-state index in [0.29, 0.717) is 19.0 Å². The van der Waals surface area contributed by atoms with E-state index in [0.717, 1.165) is 31.0 Å². The Hall–Kier alpha value is -2.50. The van der Waals surface area contributed by atoms with Crippen LogP contribution >= 0.6 is 0 Å². The van der Waals surface area contributed by atoms with Gasteiger partial charge in [0.25, 0.3) is 0 Å². The smallest absolute Gasteiger partial charge is 0.317 e. The number of anilines is 1. The number of para-hydroxylation sites is 1. The van der Waals surface area contributed by atoms with Crippen molar-refractivity contribution in [2.24, 2.45) is 5.92 Å². The van der Waals surface area contributed by atoms with Crippen LogP contribution < -0.4 is 10.2 Å². The minimum Gasteiger partial charge on any atom is -0.371 e. The van der Waals surface area contributed by atoms with E-state index in [1.807, 2.05) is 19.1 Å². The first-order valence-electron chi connectivity index (χ1n) is 8.33. The topological polar surface area (TPSA) is 61.6 Å². The Morgan fingerprint density at radius 1 is 1.42 bits per heavy atom. The molecule has 1 aliphatic heterocycles. The van der Waals surface area contributed by atoms with Crippen molar-refractivity contribution in [3.8, 4) is 0 Å². The summed E-state index contributed by atoms with van der Waals surface area (Å²) in [7, 11) is 1.77. The average Bonchev–Trinajstić information content (AvgIpc) is 3.22. The monoisotopic (exact) mass is 328 g/mol. The van der Waals surface area contributed by atoms with Crippen molar-refractivity contribution >= 4 is 11.7 Å². The molecule has 0 saturated carbocycles. The number of hydrogen-bond acceptors (Lipinski definition) is 4. The molecule has 1 unspecified atom stereocenters. The summed E-state index contributed by atoms with van der Waals surface area (Å²) in [6, 6.07) is 12.2. The van der Waals surface area contributed by atoms with Gasteiger partial charge in [0.2, 0.25) is 0 Å². The third-order valence-corrected chi connectivity index (χ3v) is 4.37. The fraction of sp³-hybridized carbons (Fsp3) is 0.444. The molecule has 1 N–H and O–H groups in total. The Morgan fingerprint density at radius 3 is 2.92 bits per heavy atom. The summed E-state index contributed by atoms with van der Waals surface area (Å²) in [5.41, 5.74) is 2.02. The molecular weight excluding hydrogens is 304 g/mol. The van der Waals surface area contributed by atoms with Gasteiger partial charge in [0.1, 0.15) is 11.5 Å². The lowest BCUT2D eigenvalue weighted by atomic mass is 10.1. The number of urea groups is 1. The zero-order valence-electron chi connectivity index (χ0n) is 14.2. The highest BCUT2D eigenvalue weighted by atomic mass is 16.5. The van der Waals surface area contributed by atoms with E-state index in [9.17, 15) is 4.79 Å². The Balaban J connectivity index is 1.43. The second-order valence-corrected chi connectivity index (χ2v) is 6.41. The summed E-state index contributed by atoms with van der Waals surface area (Å²) < 4.78 is 5.03. The van der Waals surface area contributed by atoms with E-state index in [4.69, 9.17) is 4.52 Å². The number of rotatable bonds is 5. The van der Waals surface area contributed by atoms with Crippen LogP contribution in [0.1, 0.15) is 17.9 Å². The maximum Gasteiger partial charge on any atom is 0.317 e. The van der Waals surface area contributed by atoms with E-state index in [2.05, 4.69) is 39.6 Å². The first-order valence-corrected chi connectivity index (χ1v) is 8.33. The number of carbonyl (C=O) groups is 1. The third-order valence-electron chi connectivity index (χ3n) is 4.37. The zero-order valence-corrected chi connectivity index (χ0v) is 14.2. The Kier molecular flexibility index (Phi) is 5.03. The van der Waals surface area contributed by atoms with Gasteiger partial charge >= 0.3 is 6.03 Å². The molecule has 2 heterocycles. The van der Waals surface area contributed by atoms with Gasteiger partial charge in [0.05, 0.1) is 6.54 Å². The Morgan fingerprint density at radius 2 is 2.21 bits per heavy atom. The van der Waals surface area contributed by atoms with Gasteiger partial charge in [0, 0.05) is 38.4 Å². The van der Waals surface area contributed by atoms with E-state index < -0.39 is 0 Å². The highest BCUT2D eigenvalue weighted by molar-refractivity contribution is 5.73. The predicted octanol–water partition coefficient (Wildman–Crippen LogP) is 2.65. The summed E-state index contributed by atoms with van der Waals surface area (Å²) >= 11 is 0. The fourth-order valence-electron chi connectivity index (χ4n) is 3.05. The molecule has 1 atom stereocenters. The van der Waals surface area contributed by atoms with Crippen molar-refractivity contribution in [2.45, 2.75) is 19.9 Å². The van der Waals surface area contributed by atoms with Crippen LogP contribution in [0.4, 0.5) is 10.5 Å². The number of nitrogens with zero attached hydrogens (tertiary/aromatic N) is 3. The molecule has 1 aromatic carbocycles. The standard InChI is InChI=1S/C18H24N4O2/c1-14-10-16(20-24-14)13-21(2)18(23)19-11-15-8-9-22(12-15)17-6-4-3-5-7-17/h3-7,10,15H,8-9,11-13H2,1-2H3,(H,19,23). The largest absolute Gasteiger partial charge is 0.371 e. The van der Waals surface area contributed by atoms with E-state index >= 15 is 0 Å². The van der Waals surface area contributed by atoms with Crippen LogP contribution in [0.25, 0.3) is 0 Å². The average molecular weight is 328 g/mol. The van der Waals surface area contributed by atoms with Gasteiger partial charge in [-0.25, -0.2) is 4.79 Å². The number of amides is 2. The van der Waals surface area contributed by atoms with Crippen molar-refractivity contribution in [3.63, 3.8) is 0 Å². The first kappa shape index (κ1) is 16.4. The van der Waals surface area contributed by atoms with E-state index in [1.54, 1.807) is 11.9 Å². The molecule has 3 rings (SSSR count). The third kappa shape index (κ3) is 4.07. The van der Waals surface area contributed by atoms with Crippen LogP contribution in [0.3, 0.4) is 0 Å². The number of aromatic nitrogens is 1. The zero-order chi connectivity index (χ0) is 16.9. The van der Waals surface area contributed by atoms with Crippen LogP contribution in [0.5, 0.6) is 0 Å². The van der Waals surface area contributed by atoms with Crippen LogP contribution in [0, 0.1) is 12.8 Å². The number of hydrogen-bond donors (Lipinski definition) is 1. The molecule has 2 amide bonds. The molecule has 1 saturated heterocycles. The van der Waals surface area contributed by atoms with Gasteiger partial charge in [-0.1, -0.05) is 23.4 Å². The van der Waals surface area contributed by atoms with Gasteiger partial charge in [-0.05, 0) is 31.4 Å². The van der Waals surface area contributed by atoms with Gasteiger partial charge in [-0.3, -0.25) is 0 Å². The second kappa shape index (κ2) is 7.38. The molecule has 6 nitrogen and oxygen atoms in total. The Bertz CT molecular complexity index is 671. The van der Waals surface area contributed by atoms with Crippen molar-refractivity contribution < 1.29 is 9.32 Å². The minimum absolute atomic E-state index is 0.0752. The molecule has 0 spiro atoms. The van der Waals surface area contributed by atoms with Crippen molar-refractivity contribution in [1.29, 1.82) is 0 Å². The minimum atomic E-state index is -0.0752. The number of benzene rings is 1. The lowest BCUT2D eigenvalue weighted by molar-refractivity contribution is 0.204. The molecular formula is C18H24N4O2. The SMILES string of the molecule is Cc1cc(CN(C)C(=O)NCC2CCN(c3ccccc3)C2)no1. The summed E-state index contributed by atoms with van der Waals surface area (Å²) in [4.78, 5) is 16.2. The number of nitrogens with one attached hydrogen (secondary N) is 1. The lowest BCUT2D eigenvalue weighted by Gasteiger charge is -2.20. The molecule has 1 aromatic heterocycles. The van der Waals surface area contributed by atoms with Gasteiger partial charge in [-0.15, -0.1) is 0 Å². The van der Waals surface area contributed by atoms with E-state index in [-0.39, 0.29) is 6.03 Å². The highest BCUT2D eigenvalue weighted by Gasteiger charge is 2.23. The van der Waals surface area contributed by atoms with Crippen LogP contribution in [-0.2, 0) is 6.54 Å². The molecule has 1 fully saturated rings. The van der Waals surface area contributed by atoms with Gasteiger partial charge in [0.15, 0.2) is 0 Å². The molecule has 6 heteroatoms. The van der Waals surface area contributed by atoms with Crippen LogP contribution in [0.2, 0.25) is 0 Å². The lowest BCUT2D eigenvalue weighted by Crippen LogP contribution is -2.39. The molecule has 2 aromatic rings. The molecule has 24 heavy (non-hydrogen) atoms. The Labute approximate surface area is 142 Å². The summed E-state index contributed by atoms with van der Waals surface area (Å²) in [6.45, 7) is 5.01. The van der Waals surface area contributed by atoms with Crippen molar-refractivity contribution in [2.75, 3.05) is 31.6 Å². The van der Waals surface area contributed by atoms with Crippen LogP contribution in [-0.4, -0.2) is 42.8 Å². The quantitative estimate of drug-likeness (QED) is 0.916. The summed E-state index contributed by atoms with van der Waals surface area (Å²) in [5.74, 6) is 1.24. The molecule has 128 valence electrons. The summed E-state index contributed by atoms with van der Waals surface area (Å²) in [6.07, 6.45) is 1.10. The maximum absolute atomic E-state index is 12.2. The van der Waals surface area contributed by atoms with Crippen molar-refractivity contribution in [3.05, 3.63) is 47.9 Å². The number of aryl methyl sites for hydroxylation is 1. The maximum atomic E-state index is 12.2. The predicted molar refractivity (Wildman–Crippen MR) is 92.9 cm³/mol. The second-order valence-electron chi connectivity index (χ2n) is 6.41. The molecule has 0 radical (unpaired) electrons.